The van der Waals surface area contributed by atoms with E-state index in [9.17, 15) is 0 Å². The smallest absolute Gasteiger partial charge is 0.301 e. The summed E-state index contributed by atoms with van der Waals surface area (Å²) < 4.78 is 6.13. The van der Waals surface area contributed by atoms with E-state index in [4.69, 9.17) is 9.68 Å². The standard InChI is InChI=1S/C9H5BrN2O/c1-5-6(10)2-3-7-9(5)12-8(4-11)13-7/h2-3H,1H3. The molecule has 0 aliphatic rings. The van der Waals surface area contributed by atoms with Crippen molar-refractivity contribution in [2.24, 2.45) is 0 Å². The van der Waals surface area contributed by atoms with E-state index in [0.29, 0.717) is 5.58 Å². The molecule has 0 amide bonds. The first-order chi connectivity index (χ1) is 6.22. The molecule has 0 atom stereocenters. The average Bonchev–Trinajstić information content (AvgIpc) is 2.55. The van der Waals surface area contributed by atoms with Gasteiger partial charge in [0.15, 0.2) is 11.7 Å². The largest absolute Gasteiger partial charge is 0.428 e. The lowest BCUT2D eigenvalue weighted by atomic mass is 10.2. The van der Waals surface area contributed by atoms with Gasteiger partial charge in [0.25, 0.3) is 0 Å². The van der Waals surface area contributed by atoms with E-state index in [2.05, 4.69) is 20.9 Å². The Morgan fingerprint density at radius 2 is 2.31 bits per heavy atom. The minimum Gasteiger partial charge on any atom is -0.428 e. The van der Waals surface area contributed by atoms with E-state index in [0.717, 1.165) is 15.6 Å². The molecule has 13 heavy (non-hydrogen) atoms. The fourth-order valence-electron chi connectivity index (χ4n) is 1.15. The van der Waals surface area contributed by atoms with Crippen LogP contribution in [0.5, 0.6) is 0 Å². The minimum absolute atomic E-state index is 0.108. The molecule has 0 aliphatic heterocycles. The normalized spacial score (nSPS) is 10.2. The third kappa shape index (κ3) is 1.21. The molecule has 2 rings (SSSR count). The van der Waals surface area contributed by atoms with Gasteiger partial charge in [0, 0.05) is 4.47 Å². The molecule has 0 unspecified atom stereocenters. The summed E-state index contributed by atoms with van der Waals surface area (Å²) in [6.07, 6.45) is 0. The number of aryl methyl sites for hydroxylation is 1. The van der Waals surface area contributed by atoms with Gasteiger partial charge in [-0.1, -0.05) is 15.9 Å². The Morgan fingerprint density at radius 3 is 3.00 bits per heavy atom. The van der Waals surface area contributed by atoms with Crippen molar-refractivity contribution in [3.05, 3.63) is 28.1 Å². The second-order valence-electron chi connectivity index (χ2n) is 2.65. The molecular formula is C9H5BrN2O. The number of halogens is 1. The van der Waals surface area contributed by atoms with E-state index in [1.165, 1.54) is 0 Å². The van der Waals surface area contributed by atoms with Crippen molar-refractivity contribution in [2.75, 3.05) is 0 Å². The highest BCUT2D eigenvalue weighted by atomic mass is 79.9. The van der Waals surface area contributed by atoms with Gasteiger partial charge in [-0.15, -0.1) is 0 Å². The first-order valence-electron chi connectivity index (χ1n) is 3.68. The number of nitriles is 1. The summed E-state index contributed by atoms with van der Waals surface area (Å²) in [6.45, 7) is 1.93. The van der Waals surface area contributed by atoms with Crippen LogP contribution in [-0.4, -0.2) is 4.98 Å². The zero-order valence-corrected chi connectivity index (χ0v) is 8.42. The maximum Gasteiger partial charge on any atom is 0.301 e. The molecule has 0 saturated carbocycles. The van der Waals surface area contributed by atoms with E-state index >= 15 is 0 Å². The lowest BCUT2D eigenvalue weighted by Crippen LogP contribution is -1.78. The fourth-order valence-corrected chi connectivity index (χ4v) is 1.47. The SMILES string of the molecule is Cc1c(Br)ccc2oc(C#N)nc12. The number of aromatic nitrogens is 1. The Hall–Kier alpha value is -1.34. The van der Waals surface area contributed by atoms with Gasteiger partial charge in [-0.2, -0.15) is 10.2 Å². The zero-order chi connectivity index (χ0) is 9.42. The van der Waals surface area contributed by atoms with Gasteiger partial charge < -0.3 is 4.42 Å². The number of hydrogen-bond acceptors (Lipinski definition) is 3. The average molecular weight is 237 g/mol. The Bertz CT molecular complexity index is 510. The van der Waals surface area contributed by atoms with E-state index in [-0.39, 0.29) is 5.89 Å². The van der Waals surface area contributed by atoms with Gasteiger partial charge >= 0.3 is 5.89 Å². The molecule has 0 fully saturated rings. The molecule has 0 spiro atoms. The number of nitrogens with zero attached hydrogens (tertiary/aromatic N) is 2. The lowest BCUT2D eigenvalue weighted by molar-refractivity contribution is 0.584. The first-order valence-corrected chi connectivity index (χ1v) is 4.47. The van der Waals surface area contributed by atoms with Crippen LogP contribution in [0, 0.1) is 18.3 Å². The van der Waals surface area contributed by atoms with Crippen molar-refractivity contribution in [1.82, 2.24) is 4.98 Å². The van der Waals surface area contributed by atoms with Crippen molar-refractivity contribution in [3.8, 4) is 6.07 Å². The predicted octanol–water partition coefficient (Wildman–Crippen LogP) is 2.77. The van der Waals surface area contributed by atoms with Crippen LogP contribution in [0.3, 0.4) is 0 Å². The van der Waals surface area contributed by atoms with Crippen LogP contribution in [-0.2, 0) is 0 Å². The third-order valence-electron chi connectivity index (χ3n) is 1.84. The number of benzene rings is 1. The number of fused-ring (bicyclic) bond motifs is 1. The molecule has 1 aromatic heterocycles. The van der Waals surface area contributed by atoms with Gasteiger partial charge in [-0.25, -0.2) is 0 Å². The van der Waals surface area contributed by atoms with Crippen LogP contribution in [0.15, 0.2) is 21.0 Å². The molecule has 2 aromatic rings. The fraction of sp³-hybridized carbons (Fsp3) is 0.111. The van der Waals surface area contributed by atoms with Crippen LogP contribution >= 0.6 is 15.9 Å². The van der Waals surface area contributed by atoms with Gasteiger partial charge in [0.1, 0.15) is 5.52 Å². The third-order valence-corrected chi connectivity index (χ3v) is 2.70. The predicted molar refractivity (Wildman–Crippen MR) is 51.2 cm³/mol. The summed E-state index contributed by atoms with van der Waals surface area (Å²) in [5.74, 6) is 0.108. The summed E-state index contributed by atoms with van der Waals surface area (Å²) in [4.78, 5) is 4.03. The molecule has 0 bridgehead atoms. The van der Waals surface area contributed by atoms with Crippen LogP contribution < -0.4 is 0 Å². The molecule has 4 heteroatoms. The topological polar surface area (TPSA) is 49.8 Å². The van der Waals surface area contributed by atoms with Crippen molar-refractivity contribution in [1.29, 1.82) is 5.26 Å². The zero-order valence-electron chi connectivity index (χ0n) is 6.84. The summed E-state index contributed by atoms with van der Waals surface area (Å²) >= 11 is 3.38. The number of hydrogen-bond donors (Lipinski definition) is 0. The van der Waals surface area contributed by atoms with Crippen LogP contribution in [0.1, 0.15) is 11.5 Å². The van der Waals surface area contributed by atoms with Gasteiger partial charge in [0.2, 0.25) is 0 Å². The molecule has 3 nitrogen and oxygen atoms in total. The molecule has 0 saturated heterocycles. The maximum absolute atomic E-state index is 8.58. The van der Waals surface area contributed by atoms with E-state index < -0.39 is 0 Å². The van der Waals surface area contributed by atoms with Crippen molar-refractivity contribution < 1.29 is 4.42 Å². The highest BCUT2D eigenvalue weighted by Crippen LogP contribution is 2.25. The van der Waals surface area contributed by atoms with Crippen LogP contribution in [0.2, 0.25) is 0 Å². The Balaban J connectivity index is 2.86. The molecule has 0 N–H and O–H groups in total. The molecule has 64 valence electrons. The molecule has 0 radical (unpaired) electrons. The van der Waals surface area contributed by atoms with Crippen LogP contribution in [0.25, 0.3) is 11.1 Å². The molecule has 1 aromatic carbocycles. The van der Waals surface area contributed by atoms with Gasteiger partial charge in [-0.3, -0.25) is 0 Å². The summed E-state index contributed by atoms with van der Waals surface area (Å²) in [6, 6.07) is 5.54. The van der Waals surface area contributed by atoms with Crippen LogP contribution in [0.4, 0.5) is 0 Å². The summed E-state index contributed by atoms with van der Waals surface area (Å²) in [5.41, 5.74) is 2.38. The van der Waals surface area contributed by atoms with Gasteiger partial charge in [0.05, 0.1) is 0 Å². The molecular weight excluding hydrogens is 232 g/mol. The van der Waals surface area contributed by atoms with E-state index in [1.54, 1.807) is 6.07 Å². The molecule has 0 aliphatic carbocycles. The molecule has 1 heterocycles. The second kappa shape index (κ2) is 2.86. The van der Waals surface area contributed by atoms with E-state index in [1.807, 2.05) is 19.1 Å². The Labute approximate surface area is 83.1 Å². The lowest BCUT2D eigenvalue weighted by Gasteiger charge is -1.95. The first kappa shape index (κ1) is 8.27. The second-order valence-corrected chi connectivity index (χ2v) is 3.50. The monoisotopic (exact) mass is 236 g/mol. The van der Waals surface area contributed by atoms with Crippen molar-refractivity contribution in [3.63, 3.8) is 0 Å². The van der Waals surface area contributed by atoms with Crippen molar-refractivity contribution in [2.45, 2.75) is 6.92 Å². The van der Waals surface area contributed by atoms with Gasteiger partial charge in [-0.05, 0) is 24.6 Å². The highest BCUT2D eigenvalue weighted by Gasteiger charge is 2.08. The highest BCUT2D eigenvalue weighted by molar-refractivity contribution is 9.10. The Morgan fingerprint density at radius 1 is 1.54 bits per heavy atom. The Kier molecular flexibility index (Phi) is 1.82. The number of rotatable bonds is 0. The van der Waals surface area contributed by atoms with Crippen molar-refractivity contribution >= 4 is 27.0 Å². The summed E-state index contributed by atoms with van der Waals surface area (Å²) in [5, 5.41) is 8.58. The number of oxazole rings is 1. The minimum atomic E-state index is 0.108. The summed E-state index contributed by atoms with van der Waals surface area (Å²) in [7, 11) is 0. The maximum atomic E-state index is 8.58. The quantitative estimate of drug-likeness (QED) is 0.707.